The summed E-state index contributed by atoms with van der Waals surface area (Å²) < 4.78 is 0. The van der Waals surface area contributed by atoms with Crippen LogP contribution in [0.5, 0.6) is 0 Å². The Bertz CT molecular complexity index is 529. The van der Waals surface area contributed by atoms with E-state index in [1.165, 1.54) is 4.90 Å². The monoisotopic (exact) mass is 276 g/mol. The van der Waals surface area contributed by atoms with E-state index in [9.17, 15) is 14.4 Å². The molecule has 0 aromatic heterocycles. The number of carbonyl (C=O) groups excluding carboxylic acids is 2. The molecule has 1 fully saturated rings. The van der Waals surface area contributed by atoms with Crippen molar-refractivity contribution in [2.75, 3.05) is 18.0 Å². The van der Waals surface area contributed by atoms with Gasteiger partial charge in [-0.25, -0.2) is 4.90 Å². The molecule has 0 radical (unpaired) electrons. The average Bonchev–Trinajstić information content (AvgIpc) is 2.72. The van der Waals surface area contributed by atoms with Gasteiger partial charge in [-0.1, -0.05) is 25.1 Å². The molecule has 0 aliphatic carbocycles. The van der Waals surface area contributed by atoms with Crippen LogP contribution in [0.1, 0.15) is 13.3 Å². The van der Waals surface area contributed by atoms with E-state index in [1.54, 1.807) is 37.3 Å². The number of benzene rings is 1. The molecule has 2 amide bonds. The number of hydrogen-bond acceptors (Lipinski definition) is 4. The molecule has 1 unspecified atom stereocenters. The third kappa shape index (κ3) is 2.70. The quantitative estimate of drug-likeness (QED) is 0.802. The minimum Gasteiger partial charge on any atom is -0.480 e. The van der Waals surface area contributed by atoms with Gasteiger partial charge >= 0.3 is 5.97 Å². The number of amides is 2. The number of likely N-dealkylation sites (N-methyl/N-ethyl adjacent to an activating group) is 1. The van der Waals surface area contributed by atoms with Crippen LogP contribution in [-0.2, 0) is 14.4 Å². The maximum absolute atomic E-state index is 12.4. The number of anilines is 1. The summed E-state index contributed by atoms with van der Waals surface area (Å²) in [6, 6.07) is 7.98. The fourth-order valence-corrected chi connectivity index (χ4v) is 2.37. The lowest BCUT2D eigenvalue weighted by Gasteiger charge is -2.23. The van der Waals surface area contributed by atoms with E-state index in [1.807, 2.05) is 0 Å². The Morgan fingerprint density at radius 2 is 2.00 bits per heavy atom. The number of carboxylic acids is 1. The summed E-state index contributed by atoms with van der Waals surface area (Å²) in [6.07, 6.45) is 0.0227. The van der Waals surface area contributed by atoms with Crippen LogP contribution in [0.2, 0.25) is 0 Å². The van der Waals surface area contributed by atoms with Crippen molar-refractivity contribution in [1.29, 1.82) is 0 Å². The third-order valence-electron chi connectivity index (χ3n) is 3.32. The Balaban J connectivity index is 2.22. The van der Waals surface area contributed by atoms with Crippen LogP contribution in [0.3, 0.4) is 0 Å². The highest BCUT2D eigenvalue weighted by molar-refractivity contribution is 6.22. The first kappa shape index (κ1) is 14.2. The molecule has 2 rings (SSSR count). The van der Waals surface area contributed by atoms with Gasteiger partial charge in [0.1, 0.15) is 0 Å². The summed E-state index contributed by atoms with van der Waals surface area (Å²) in [4.78, 5) is 37.9. The van der Waals surface area contributed by atoms with Gasteiger partial charge in [-0.05, 0) is 18.7 Å². The van der Waals surface area contributed by atoms with Crippen molar-refractivity contribution in [2.24, 2.45) is 0 Å². The molecule has 20 heavy (non-hydrogen) atoms. The first-order valence-corrected chi connectivity index (χ1v) is 6.42. The minimum absolute atomic E-state index is 0.0227. The molecule has 1 aliphatic rings. The minimum atomic E-state index is -1.01. The molecule has 1 heterocycles. The third-order valence-corrected chi connectivity index (χ3v) is 3.32. The standard InChI is InChI=1S/C14H16N2O4/c1-2-15(9-13(18)19)11-8-12(17)16(14(11)20)10-6-4-3-5-7-10/h3-7,11H,2,8-9H2,1H3,(H,18,19). The molecular formula is C14H16N2O4. The predicted octanol–water partition coefficient (Wildman–Crippen LogP) is 0.725. The molecule has 1 aromatic carbocycles. The van der Waals surface area contributed by atoms with E-state index < -0.39 is 12.0 Å². The van der Waals surface area contributed by atoms with Crippen molar-refractivity contribution in [3.8, 4) is 0 Å². The zero-order valence-corrected chi connectivity index (χ0v) is 11.2. The Morgan fingerprint density at radius 1 is 1.35 bits per heavy atom. The van der Waals surface area contributed by atoms with E-state index in [4.69, 9.17) is 5.11 Å². The summed E-state index contributed by atoms with van der Waals surface area (Å²) in [7, 11) is 0. The van der Waals surface area contributed by atoms with Crippen molar-refractivity contribution in [1.82, 2.24) is 4.90 Å². The lowest BCUT2D eigenvalue weighted by Crippen LogP contribution is -2.44. The Kier molecular flexibility index (Phi) is 4.14. The van der Waals surface area contributed by atoms with Crippen LogP contribution in [-0.4, -0.2) is 46.9 Å². The number of imide groups is 1. The van der Waals surface area contributed by atoms with Gasteiger partial charge in [-0.3, -0.25) is 19.3 Å². The van der Waals surface area contributed by atoms with E-state index in [0.29, 0.717) is 12.2 Å². The smallest absolute Gasteiger partial charge is 0.317 e. The molecule has 1 aliphatic heterocycles. The van der Waals surface area contributed by atoms with Gasteiger partial charge in [0.15, 0.2) is 0 Å². The number of carboxylic acid groups (broad SMARTS) is 1. The zero-order chi connectivity index (χ0) is 14.7. The van der Waals surface area contributed by atoms with Crippen LogP contribution in [0.15, 0.2) is 30.3 Å². The van der Waals surface area contributed by atoms with Crippen LogP contribution in [0.4, 0.5) is 5.69 Å². The SMILES string of the molecule is CCN(CC(=O)O)C1CC(=O)N(c2ccccc2)C1=O. The van der Waals surface area contributed by atoms with Gasteiger partial charge < -0.3 is 5.11 Å². The van der Waals surface area contributed by atoms with E-state index in [-0.39, 0.29) is 24.8 Å². The summed E-state index contributed by atoms with van der Waals surface area (Å²) in [6.45, 7) is 1.92. The highest BCUT2D eigenvalue weighted by Crippen LogP contribution is 2.25. The molecule has 6 heteroatoms. The van der Waals surface area contributed by atoms with Crippen molar-refractivity contribution < 1.29 is 19.5 Å². The highest BCUT2D eigenvalue weighted by atomic mass is 16.4. The number of hydrogen-bond donors (Lipinski definition) is 1. The van der Waals surface area contributed by atoms with Crippen LogP contribution < -0.4 is 4.90 Å². The molecule has 6 nitrogen and oxygen atoms in total. The number of para-hydroxylation sites is 1. The molecule has 106 valence electrons. The molecular weight excluding hydrogens is 260 g/mol. The van der Waals surface area contributed by atoms with E-state index in [0.717, 1.165) is 4.90 Å². The first-order chi connectivity index (χ1) is 9.54. The Labute approximate surface area is 116 Å². The maximum atomic E-state index is 12.4. The summed E-state index contributed by atoms with van der Waals surface area (Å²) in [5.41, 5.74) is 0.524. The number of rotatable bonds is 5. The van der Waals surface area contributed by atoms with Gasteiger partial charge in [-0.2, -0.15) is 0 Å². The lowest BCUT2D eigenvalue weighted by molar-refractivity contribution is -0.139. The van der Waals surface area contributed by atoms with Crippen molar-refractivity contribution in [2.45, 2.75) is 19.4 Å². The van der Waals surface area contributed by atoms with Gasteiger partial charge in [0.05, 0.1) is 24.7 Å². The number of carbonyl (C=O) groups is 3. The molecule has 0 bridgehead atoms. The van der Waals surface area contributed by atoms with Crippen LogP contribution >= 0.6 is 0 Å². The Hall–Kier alpha value is -2.21. The molecule has 1 aromatic rings. The Morgan fingerprint density at radius 3 is 2.55 bits per heavy atom. The molecule has 0 saturated carbocycles. The average molecular weight is 276 g/mol. The molecule has 1 N–H and O–H groups in total. The maximum Gasteiger partial charge on any atom is 0.317 e. The summed E-state index contributed by atoms with van der Waals surface area (Å²) in [5, 5.41) is 8.86. The zero-order valence-electron chi connectivity index (χ0n) is 11.2. The van der Waals surface area contributed by atoms with Gasteiger partial charge in [-0.15, -0.1) is 0 Å². The van der Waals surface area contributed by atoms with Crippen LogP contribution in [0.25, 0.3) is 0 Å². The summed E-state index contributed by atoms with van der Waals surface area (Å²) >= 11 is 0. The lowest BCUT2D eigenvalue weighted by atomic mass is 10.2. The number of aliphatic carboxylic acids is 1. The van der Waals surface area contributed by atoms with Crippen molar-refractivity contribution in [3.63, 3.8) is 0 Å². The molecule has 1 saturated heterocycles. The predicted molar refractivity (Wildman–Crippen MR) is 72.2 cm³/mol. The topological polar surface area (TPSA) is 77.9 Å². The fourth-order valence-electron chi connectivity index (χ4n) is 2.37. The highest BCUT2D eigenvalue weighted by Gasteiger charge is 2.42. The second-order valence-corrected chi connectivity index (χ2v) is 4.58. The first-order valence-electron chi connectivity index (χ1n) is 6.42. The largest absolute Gasteiger partial charge is 0.480 e. The van der Waals surface area contributed by atoms with Gasteiger partial charge in [0.2, 0.25) is 5.91 Å². The van der Waals surface area contributed by atoms with E-state index >= 15 is 0 Å². The van der Waals surface area contributed by atoms with E-state index in [2.05, 4.69) is 0 Å². The fraction of sp³-hybridized carbons (Fsp3) is 0.357. The molecule has 0 spiro atoms. The normalized spacial score (nSPS) is 18.9. The number of nitrogens with zero attached hydrogens (tertiary/aromatic N) is 2. The summed E-state index contributed by atoms with van der Waals surface area (Å²) in [5.74, 6) is -1.66. The second kappa shape index (κ2) is 5.83. The second-order valence-electron chi connectivity index (χ2n) is 4.58. The van der Waals surface area contributed by atoms with Gasteiger partial charge in [0.25, 0.3) is 5.91 Å². The van der Waals surface area contributed by atoms with Gasteiger partial charge in [0, 0.05) is 0 Å². The van der Waals surface area contributed by atoms with Crippen LogP contribution in [0, 0.1) is 0 Å². The molecule has 1 atom stereocenters. The van der Waals surface area contributed by atoms with Crippen molar-refractivity contribution in [3.05, 3.63) is 30.3 Å². The van der Waals surface area contributed by atoms with Crippen molar-refractivity contribution >= 4 is 23.5 Å².